The van der Waals surface area contributed by atoms with Crippen LogP contribution in [0.25, 0.3) is 0 Å². The van der Waals surface area contributed by atoms with Crippen LogP contribution in [-0.4, -0.2) is 28.0 Å². The van der Waals surface area contributed by atoms with E-state index >= 15 is 0 Å². The summed E-state index contributed by atoms with van der Waals surface area (Å²) in [6.45, 7) is 2.23. The van der Waals surface area contributed by atoms with Gasteiger partial charge in [0.1, 0.15) is 0 Å². The van der Waals surface area contributed by atoms with Crippen LogP contribution in [0.1, 0.15) is 32.6 Å². The first-order valence-electron chi connectivity index (χ1n) is 4.52. The second-order valence-electron chi connectivity index (χ2n) is 3.99. The lowest BCUT2D eigenvalue weighted by Gasteiger charge is -2.30. The van der Waals surface area contributed by atoms with Crippen molar-refractivity contribution in [2.75, 3.05) is 6.26 Å². The van der Waals surface area contributed by atoms with Crippen LogP contribution in [0, 0.1) is 0 Å². The van der Waals surface area contributed by atoms with Gasteiger partial charge in [-0.05, 0) is 32.4 Å². The fraction of sp³-hybridized carbons (Fsp3) is 0.889. The molecule has 12 heavy (non-hydrogen) atoms. The standard InChI is InChI=1S/C9H15NOS/c1-9-5-3-7(11)10(9)8(12-2)4-6-9/h8H,3-6H2,1-2H3. The van der Waals surface area contributed by atoms with Crippen LogP contribution in [-0.2, 0) is 4.79 Å². The van der Waals surface area contributed by atoms with E-state index in [0.717, 1.165) is 12.8 Å². The predicted octanol–water partition coefficient (Wildman–Crippen LogP) is 1.85. The fourth-order valence-electron chi connectivity index (χ4n) is 2.46. The van der Waals surface area contributed by atoms with Gasteiger partial charge in [0.2, 0.25) is 5.91 Å². The molecule has 0 aromatic carbocycles. The first kappa shape index (κ1) is 8.42. The van der Waals surface area contributed by atoms with Crippen LogP contribution in [0.3, 0.4) is 0 Å². The number of thioether (sulfide) groups is 1. The average Bonchev–Trinajstić information content (AvgIpc) is 2.51. The van der Waals surface area contributed by atoms with Gasteiger partial charge in [-0.25, -0.2) is 0 Å². The second-order valence-corrected chi connectivity index (χ2v) is 5.01. The Kier molecular flexibility index (Phi) is 1.86. The minimum absolute atomic E-state index is 0.213. The van der Waals surface area contributed by atoms with Gasteiger partial charge in [-0.3, -0.25) is 4.79 Å². The Bertz CT molecular complexity index is 219. The molecule has 0 aliphatic carbocycles. The van der Waals surface area contributed by atoms with Crippen LogP contribution < -0.4 is 0 Å². The Morgan fingerprint density at radius 2 is 2.33 bits per heavy atom. The minimum atomic E-state index is 0.213. The highest BCUT2D eigenvalue weighted by atomic mass is 32.2. The predicted molar refractivity (Wildman–Crippen MR) is 51.0 cm³/mol. The largest absolute Gasteiger partial charge is 0.325 e. The Labute approximate surface area is 77.7 Å². The highest BCUT2D eigenvalue weighted by Gasteiger charge is 2.49. The molecule has 2 nitrogen and oxygen atoms in total. The molecule has 0 radical (unpaired) electrons. The first-order chi connectivity index (χ1) is 5.67. The fourth-order valence-corrected chi connectivity index (χ4v) is 3.40. The minimum Gasteiger partial charge on any atom is -0.325 e. The van der Waals surface area contributed by atoms with E-state index in [1.165, 1.54) is 12.8 Å². The first-order valence-corrected chi connectivity index (χ1v) is 5.81. The van der Waals surface area contributed by atoms with E-state index in [1.54, 1.807) is 0 Å². The van der Waals surface area contributed by atoms with Crippen molar-refractivity contribution in [1.82, 2.24) is 4.90 Å². The lowest BCUT2D eigenvalue weighted by Crippen LogP contribution is -2.40. The van der Waals surface area contributed by atoms with Crippen molar-refractivity contribution < 1.29 is 4.79 Å². The Morgan fingerprint density at radius 3 is 3.00 bits per heavy atom. The van der Waals surface area contributed by atoms with Gasteiger partial charge in [0.25, 0.3) is 0 Å². The molecule has 68 valence electrons. The summed E-state index contributed by atoms with van der Waals surface area (Å²) < 4.78 is 0. The van der Waals surface area contributed by atoms with Crippen LogP contribution in [0.15, 0.2) is 0 Å². The molecule has 0 bridgehead atoms. The zero-order chi connectivity index (χ0) is 8.77. The maximum atomic E-state index is 11.5. The van der Waals surface area contributed by atoms with Gasteiger partial charge in [0, 0.05) is 12.0 Å². The number of hydrogen-bond donors (Lipinski definition) is 0. The summed E-state index contributed by atoms with van der Waals surface area (Å²) in [6, 6.07) is 0. The number of amides is 1. The van der Waals surface area contributed by atoms with Gasteiger partial charge in [0.15, 0.2) is 0 Å². The molecule has 2 saturated heterocycles. The van der Waals surface area contributed by atoms with Gasteiger partial charge in [-0.1, -0.05) is 0 Å². The summed E-state index contributed by atoms with van der Waals surface area (Å²) in [5.41, 5.74) is 0.213. The number of rotatable bonds is 1. The van der Waals surface area contributed by atoms with Crippen molar-refractivity contribution in [3.63, 3.8) is 0 Å². The lowest BCUT2D eigenvalue weighted by atomic mass is 9.97. The van der Waals surface area contributed by atoms with Crippen molar-refractivity contribution in [3.8, 4) is 0 Å². The maximum Gasteiger partial charge on any atom is 0.224 e. The van der Waals surface area contributed by atoms with Crippen molar-refractivity contribution in [1.29, 1.82) is 0 Å². The molecule has 2 atom stereocenters. The van der Waals surface area contributed by atoms with E-state index in [2.05, 4.69) is 18.1 Å². The molecule has 2 unspecified atom stereocenters. The summed E-state index contributed by atoms with van der Waals surface area (Å²) in [4.78, 5) is 13.7. The normalized spacial score (nSPS) is 40.7. The molecule has 2 fully saturated rings. The van der Waals surface area contributed by atoms with Gasteiger partial charge >= 0.3 is 0 Å². The van der Waals surface area contributed by atoms with E-state index in [0.29, 0.717) is 11.3 Å². The highest BCUT2D eigenvalue weighted by Crippen LogP contribution is 2.45. The summed E-state index contributed by atoms with van der Waals surface area (Å²) in [6.07, 6.45) is 6.33. The summed E-state index contributed by atoms with van der Waals surface area (Å²) >= 11 is 1.82. The van der Waals surface area contributed by atoms with Crippen LogP contribution in [0.4, 0.5) is 0 Å². The van der Waals surface area contributed by atoms with Gasteiger partial charge in [-0.2, -0.15) is 0 Å². The lowest BCUT2D eigenvalue weighted by molar-refractivity contribution is -0.129. The van der Waals surface area contributed by atoms with Crippen LogP contribution >= 0.6 is 11.8 Å². The quantitative estimate of drug-likeness (QED) is 0.621. The van der Waals surface area contributed by atoms with Crippen molar-refractivity contribution in [2.45, 2.75) is 43.5 Å². The number of carbonyl (C=O) groups is 1. The molecule has 2 aliphatic heterocycles. The molecule has 1 amide bonds. The van der Waals surface area contributed by atoms with Crippen molar-refractivity contribution in [2.24, 2.45) is 0 Å². The molecule has 0 spiro atoms. The molecule has 0 N–H and O–H groups in total. The van der Waals surface area contributed by atoms with Crippen LogP contribution in [0.2, 0.25) is 0 Å². The van der Waals surface area contributed by atoms with E-state index in [1.807, 2.05) is 11.8 Å². The molecule has 0 aromatic heterocycles. The van der Waals surface area contributed by atoms with E-state index < -0.39 is 0 Å². The zero-order valence-corrected chi connectivity index (χ0v) is 8.49. The summed E-state index contributed by atoms with van der Waals surface area (Å²) in [7, 11) is 0. The third-order valence-electron chi connectivity index (χ3n) is 3.22. The average molecular weight is 185 g/mol. The van der Waals surface area contributed by atoms with Gasteiger partial charge < -0.3 is 4.90 Å². The van der Waals surface area contributed by atoms with Crippen molar-refractivity contribution in [3.05, 3.63) is 0 Å². The molecule has 2 aliphatic rings. The topological polar surface area (TPSA) is 20.3 Å². The number of fused-ring (bicyclic) bond motifs is 1. The number of nitrogens with zero attached hydrogens (tertiary/aromatic N) is 1. The third kappa shape index (κ3) is 0.987. The van der Waals surface area contributed by atoms with E-state index in [9.17, 15) is 4.79 Å². The Hall–Kier alpha value is -0.180. The molecule has 0 aromatic rings. The Balaban J connectivity index is 2.24. The molecule has 2 rings (SSSR count). The molecule has 0 saturated carbocycles. The van der Waals surface area contributed by atoms with Crippen molar-refractivity contribution >= 4 is 17.7 Å². The Morgan fingerprint density at radius 1 is 1.58 bits per heavy atom. The van der Waals surface area contributed by atoms with E-state index in [-0.39, 0.29) is 5.54 Å². The number of carbonyl (C=O) groups excluding carboxylic acids is 1. The van der Waals surface area contributed by atoms with E-state index in [4.69, 9.17) is 0 Å². The van der Waals surface area contributed by atoms with Crippen LogP contribution in [0.5, 0.6) is 0 Å². The molecular formula is C9H15NOS. The number of hydrogen-bond acceptors (Lipinski definition) is 2. The van der Waals surface area contributed by atoms with Gasteiger partial charge in [-0.15, -0.1) is 11.8 Å². The monoisotopic (exact) mass is 185 g/mol. The smallest absolute Gasteiger partial charge is 0.224 e. The highest BCUT2D eigenvalue weighted by molar-refractivity contribution is 7.99. The third-order valence-corrected chi connectivity index (χ3v) is 4.21. The van der Waals surface area contributed by atoms with Gasteiger partial charge in [0.05, 0.1) is 5.37 Å². The maximum absolute atomic E-state index is 11.5. The summed E-state index contributed by atoms with van der Waals surface area (Å²) in [5, 5.41) is 0.463. The second kappa shape index (κ2) is 2.66. The zero-order valence-electron chi connectivity index (χ0n) is 7.67. The SMILES string of the molecule is CSC1CCC2(C)CCC(=O)N12. The molecular weight excluding hydrogens is 170 g/mol. The molecule has 3 heteroatoms. The molecule has 2 heterocycles. The summed E-state index contributed by atoms with van der Waals surface area (Å²) in [5.74, 6) is 0.370.